The van der Waals surface area contributed by atoms with E-state index in [1.165, 1.54) is 4.90 Å². The maximum absolute atomic E-state index is 13.1. The standard InChI is InChI=1S/C18H21NO5/c20-13-9-6-7-10-12(11(9)14(21)16-15(13)24-16)18(23)19(17(10)22)8-4-2-1-3-5-8/h6,8,10-12,14-16,21H,1-5,7H2/t10-,11+,12-,14+,15-,16+/m1/s1. The first kappa shape index (κ1) is 14.8. The summed E-state index contributed by atoms with van der Waals surface area (Å²) in [7, 11) is 0. The number of nitrogens with zero attached hydrogens (tertiary/aromatic N) is 1. The third kappa shape index (κ3) is 1.81. The van der Waals surface area contributed by atoms with Gasteiger partial charge in [-0.2, -0.15) is 0 Å². The van der Waals surface area contributed by atoms with Crippen molar-refractivity contribution in [2.75, 3.05) is 0 Å². The lowest BCUT2D eigenvalue weighted by atomic mass is 9.66. The maximum Gasteiger partial charge on any atom is 0.234 e. The van der Waals surface area contributed by atoms with E-state index < -0.39 is 36.1 Å². The fraction of sp³-hybridized carbons (Fsp3) is 0.722. The Morgan fingerprint density at radius 2 is 1.79 bits per heavy atom. The number of aliphatic hydroxyl groups excluding tert-OH is 1. The van der Waals surface area contributed by atoms with Gasteiger partial charge >= 0.3 is 0 Å². The Morgan fingerprint density at radius 3 is 2.54 bits per heavy atom. The molecule has 2 amide bonds. The van der Waals surface area contributed by atoms with Gasteiger partial charge in [0.05, 0.1) is 17.9 Å². The predicted octanol–water partition coefficient (Wildman–Crippen LogP) is 0.578. The lowest BCUT2D eigenvalue weighted by Crippen LogP contribution is -2.48. The highest BCUT2D eigenvalue weighted by Crippen LogP contribution is 2.51. The van der Waals surface area contributed by atoms with Crippen LogP contribution in [0.15, 0.2) is 11.6 Å². The lowest BCUT2D eigenvalue weighted by molar-refractivity contribution is -0.143. The van der Waals surface area contributed by atoms with Gasteiger partial charge in [-0.3, -0.25) is 19.3 Å². The van der Waals surface area contributed by atoms with E-state index in [0.717, 1.165) is 32.1 Å². The zero-order chi connectivity index (χ0) is 16.6. The number of carbonyl (C=O) groups is 3. The van der Waals surface area contributed by atoms with E-state index in [0.29, 0.717) is 12.0 Å². The van der Waals surface area contributed by atoms with Crippen molar-refractivity contribution in [2.45, 2.75) is 62.9 Å². The number of fused-ring (bicyclic) bond motifs is 4. The molecular formula is C18H21NO5. The number of hydrogen-bond donors (Lipinski definition) is 1. The predicted molar refractivity (Wildman–Crippen MR) is 81.6 cm³/mol. The van der Waals surface area contributed by atoms with Gasteiger partial charge in [-0.15, -0.1) is 0 Å². The monoisotopic (exact) mass is 331 g/mol. The Morgan fingerprint density at radius 1 is 1.04 bits per heavy atom. The fourth-order valence-corrected chi connectivity index (χ4v) is 5.33. The van der Waals surface area contributed by atoms with E-state index in [1.807, 2.05) is 0 Å². The molecule has 6 heteroatoms. The molecule has 0 aromatic rings. The molecule has 6 atom stereocenters. The molecule has 6 nitrogen and oxygen atoms in total. The molecule has 2 heterocycles. The van der Waals surface area contributed by atoms with Crippen LogP contribution in [0.1, 0.15) is 38.5 Å². The molecule has 0 aromatic carbocycles. The lowest BCUT2D eigenvalue weighted by Gasteiger charge is -2.35. The van der Waals surface area contributed by atoms with Crippen molar-refractivity contribution < 1.29 is 24.2 Å². The smallest absolute Gasteiger partial charge is 0.234 e. The number of carbonyl (C=O) groups excluding carboxylic acids is 3. The molecule has 3 aliphatic carbocycles. The van der Waals surface area contributed by atoms with Crippen molar-refractivity contribution in [3.8, 4) is 0 Å². The van der Waals surface area contributed by atoms with E-state index in [-0.39, 0.29) is 23.6 Å². The second-order valence-electron chi connectivity index (χ2n) is 7.77. The fourth-order valence-electron chi connectivity index (χ4n) is 5.33. The molecule has 0 bridgehead atoms. The number of imide groups is 1. The van der Waals surface area contributed by atoms with Crippen molar-refractivity contribution in [3.05, 3.63) is 11.6 Å². The van der Waals surface area contributed by atoms with E-state index in [9.17, 15) is 19.5 Å². The minimum atomic E-state index is -0.866. The number of hydrogen-bond acceptors (Lipinski definition) is 5. The van der Waals surface area contributed by atoms with Gasteiger partial charge in [-0.1, -0.05) is 25.3 Å². The molecule has 0 unspecified atom stereocenters. The van der Waals surface area contributed by atoms with Gasteiger partial charge < -0.3 is 9.84 Å². The number of aliphatic hydroxyl groups is 1. The zero-order valence-electron chi connectivity index (χ0n) is 13.4. The van der Waals surface area contributed by atoms with Gasteiger partial charge in [0.1, 0.15) is 12.2 Å². The number of amides is 2. The molecule has 24 heavy (non-hydrogen) atoms. The summed E-state index contributed by atoms with van der Waals surface area (Å²) in [6.07, 6.45) is 5.27. The van der Waals surface area contributed by atoms with E-state index in [1.54, 1.807) is 6.08 Å². The van der Waals surface area contributed by atoms with Crippen LogP contribution >= 0.6 is 0 Å². The van der Waals surface area contributed by atoms with Crippen LogP contribution < -0.4 is 0 Å². The van der Waals surface area contributed by atoms with Crippen LogP contribution in [0.25, 0.3) is 0 Å². The van der Waals surface area contributed by atoms with Crippen molar-refractivity contribution in [1.82, 2.24) is 4.90 Å². The molecule has 4 fully saturated rings. The SMILES string of the molecule is O=C1C2=CC[C@H]3C(=O)N(C4CCCCC4)C(=O)[C@H]3[C@H]2[C@H](O)[C@@H]2O[C@H]12. The minimum Gasteiger partial charge on any atom is -0.390 e. The Labute approximate surface area is 139 Å². The number of rotatable bonds is 1. The Hall–Kier alpha value is -1.53. The van der Waals surface area contributed by atoms with Gasteiger partial charge in [0.2, 0.25) is 11.8 Å². The second-order valence-corrected chi connectivity index (χ2v) is 7.77. The van der Waals surface area contributed by atoms with Crippen LogP contribution in [0.2, 0.25) is 0 Å². The number of ketones is 1. The normalized spacial score (nSPS) is 44.8. The van der Waals surface area contributed by atoms with Crippen molar-refractivity contribution >= 4 is 17.6 Å². The summed E-state index contributed by atoms with van der Waals surface area (Å²) >= 11 is 0. The molecule has 0 aromatic heterocycles. The number of epoxide rings is 1. The first-order chi connectivity index (χ1) is 11.6. The van der Waals surface area contributed by atoms with Gasteiger partial charge in [0.25, 0.3) is 0 Å². The number of likely N-dealkylation sites (tertiary alicyclic amines) is 1. The van der Waals surface area contributed by atoms with Crippen molar-refractivity contribution in [1.29, 1.82) is 0 Å². The highest BCUT2D eigenvalue weighted by molar-refractivity contribution is 6.09. The zero-order valence-corrected chi connectivity index (χ0v) is 13.4. The molecule has 128 valence electrons. The van der Waals surface area contributed by atoms with Crippen LogP contribution in [0, 0.1) is 17.8 Å². The second kappa shape index (κ2) is 4.99. The summed E-state index contributed by atoms with van der Waals surface area (Å²) in [5.74, 6) is -1.99. The molecule has 0 radical (unpaired) electrons. The Kier molecular flexibility index (Phi) is 3.07. The van der Waals surface area contributed by atoms with Gasteiger partial charge in [-0.25, -0.2) is 0 Å². The third-order valence-electron chi connectivity index (χ3n) is 6.56. The van der Waals surface area contributed by atoms with Crippen molar-refractivity contribution in [2.24, 2.45) is 17.8 Å². The molecular weight excluding hydrogens is 310 g/mol. The maximum atomic E-state index is 13.1. The molecule has 1 N–H and O–H groups in total. The summed E-state index contributed by atoms with van der Waals surface area (Å²) < 4.78 is 5.30. The van der Waals surface area contributed by atoms with Crippen molar-refractivity contribution in [3.63, 3.8) is 0 Å². The molecule has 2 aliphatic heterocycles. The summed E-state index contributed by atoms with van der Waals surface area (Å²) in [6, 6.07) is -0.00541. The third-order valence-corrected chi connectivity index (χ3v) is 6.56. The average Bonchev–Trinajstić information content (AvgIpc) is 3.36. The molecule has 2 saturated carbocycles. The van der Waals surface area contributed by atoms with Gasteiger partial charge in [-0.05, 0) is 19.3 Å². The van der Waals surface area contributed by atoms with E-state index in [2.05, 4.69) is 0 Å². The summed E-state index contributed by atoms with van der Waals surface area (Å²) in [5, 5.41) is 10.6. The molecule has 5 rings (SSSR count). The molecule has 5 aliphatic rings. The molecule has 0 spiro atoms. The van der Waals surface area contributed by atoms with E-state index in [4.69, 9.17) is 4.74 Å². The van der Waals surface area contributed by atoms with Crippen LogP contribution in [0.5, 0.6) is 0 Å². The number of ether oxygens (including phenoxy) is 1. The van der Waals surface area contributed by atoms with Gasteiger partial charge in [0, 0.05) is 17.5 Å². The molecule has 2 saturated heterocycles. The topological polar surface area (TPSA) is 87.2 Å². The number of allylic oxidation sites excluding steroid dienone is 1. The largest absolute Gasteiger partial charge is 0.390 e. The Bertz CT molecular complexity index is 664. The summed E-state index contributed by atoms with van der Waals surface area (Å²) in [4.78, 5) is 39.8. The van der Waals surface area contributed by atoms with Crippen LogP contribution in [-0.4, -0.2) is 52.0 Å². The quantitative estimate of drug-likeness (QED) is 0.561. The van der Waals surface area contributed by atoms with Gasteiger partial charge in [0.15, 0.2) is 5.78 Å². The highest BCUT2D eigenvalue weighted by Gasteiger charge is 2.65. The first-order valence-corrected chi connectivity index (χ1v) is 9.04. The van der Waals surface area contributed by atoms with Crippen LogP contribution in [0.4, 0.5) is 0 Å². The Balaban J connectivity index is 1.50. The van der Waals surface area contributed by atoms with Crippen LogP contribution in [0.3, 0.4) is 0 Å². The highest BCUT2D eigenvalue weighted by atomic mass is 16.6. The number of Topliss-reactive ketones (excluding diaryl/α,β-unsaturated/α-hetero) is 1. The summed E-state index contributed by atoms with van der Waals surface area (Å²) in [5.41, 5.74) is 0.508. The van der Waals surface area contributed by atoms with E-state index >= 15 is 0 Å². The van der Waals surface area contributed by atoms with Crippen LogP contribution in [-0.2, 0) is 19.1 Å². The first-order valence-electron chi connectivity index (χ1n) is 9.04. The average molecular weight is 331 g/mol. The minimum absolute atomic E-state index is 0.00541. The summed E-state index contributed by atoms with van der Waals surface area (Å²) in [6.45, 7) is 0.